The second-order valence-electron chi connectivity index (χ2n) is 10.9. The largest absolute Gasteiger partial charge is 0.484 e. The Hall–Kier alpha value is -3.72. The summed E-state index contributed by atoms with van der Waals surface area (Å²) in [4.78, 5) is 30.8. The van der Waals surface area contributed by atoms with Crippen LogP contribution in [0.5, 0.6) is 5.75 Å². The van der Waals surface area contributed by atoms with Crippen LogP contribution in [0.2, 0.25) is 0 Å². The van der Waals surface area contributed by atoms with Crippen LogP contribution in [-0.2, 0) is 0 Å². The maximum Gasteiger partial charge on any atom is 0.254 e. The summed E-state index contributed by atoms with van der Waals surface area (Å²) >= 11 is 0. The molecule has 4 rings (SSSR count). The lowest BCUT2D eigenvalue weighted by atomic mass is 10.0. The number of hydrogen-bond donors (Lipinski definition) is 2. The number of carbonyl (C=O) groups excluding carboxylic acids is 1. The monoisotopic (exact) mass is 533 g/mol. The van der Waals surface area contributed by atoms with E-state index in [1.807, 2.05) is 31.2 Å². The molecular formula is C30H36FN5O3. The lowest BCUT2D eigenvalue weighted by Gasteiger charge is -2.23. The van der Waals surface area contributed by atoms with Gasteiger partial charge in [0.2, 0.25) is 0 Å². The molecule has 0 saturated heterocycles. The predicted molar refractivity (Wildman–Crippen MR) is 153 cm³/mol. The first-order valence-corrected chi connectivity index (χ1v) is 13.3. The number of aliphatic hydroxyl groups is 1. The van der Waals surface area contributed by atoms with Crippen LogP contribution in [0.15, 0.2) is 62.4 Å². The van der Waals surface area contributed by atoms with Crippen LogP contribution in [0.1, 0.15) is 68.9 Å². The van der Waals surface area contributed by atoms with Gasteiger partial charge in [0.25, 0.3) is 5.91 Å². The predicted octanol–water partition coefficient (Wildman–Crippen LogP) is 4.63. The Morgan fingerprint density at radius 2 is 1.72 bits per heavy atom. The van der Waals surface area contributed by atoms with Gasteiger partial charge in [0.1, 0.15) is 17.7 Å². The van der Waals surface area contributed by atoms with Crippen molar-refractivity contribution in [1.82, 2.24) is 5.32 Å². The zero-order valence-corrected chi connectivity index (χ0v) is 23.2. The molecule has 8 nitrogen and oxygen atoms in total. The van der Waals surface area contributed by atoms with Crippen LogP contribution in [0, 0.1) is 11.7 Å². The van der Waals surface area contributed by atoms with E-state index in [1.165, 1.54) is 12.1 Å². The average Bonchev–Trinajstić information content (AvgIpc) is 3.57. The summed E-state index contributed by atoms with van der Waals surface area (Å²) in [7, 11) is 0. The van der Waals surface area contributed by atoms with Crippen LogP contribution in [0.25, 0.3) is 0 Å². The highest BCUT2D eigenvalue weighted by Gasteiger charge is 2.25. The number of nitrogens with zero attached hydrogens (tertiary/aromatic N) is 4. The molecule has 0 fully saturated rings. The number of aliphatic imine (C=N–C) groups is 4. The maximum absolute atomic E-state index is 14.8. The number of halogens is 1. The third-order valence-corrected chi connectivity index (χ3v) is 6.41. The van der Waals surface area contributed by atoms with E-state index < -0.39 is 17.3 Å². The Morgan fingerprint density at radius 3 is 2.36 bits per heavy atom. The summed E-state index contributed by atoms with van der Waals surface area (Å²) in [5.41, 5.74) is 2.34. The van der Waals surface area contributed by atoms with Crippen LogP contribution >= 0.6 is 0 Å². The number of amidine groups is 2. The normalized spacial score (nSPS) is 16.0. The Balaban J connectivity index is 1.41. The van der Waals surface area contributed by atoms with E-state index in [-0.39, 0.29) is 18.3 Å². The van der Waals surface area contributed by atoms with E-state index in [0.717, 1.165) is 29.2 Å². The first-order chi connectivity index (χ1) is 18.6. The van der Waals surface area contributed by atoms with Crippen LogP contribution in [-0.4, -0.2) is 65.4 Å². The quantitative estimate of drug-likeness (QED) is 0.440. The zero-order valence-electron chi connectivity index (χ0n) is 23.2. The molecule has 9 heteroatoms. The lowest BCUT2D eigenvalue weighted by molar-refractivity contribution is 0.0865. The van der Waals surface area contributed by atoms with Crippen LogP contribution < -0.4 is 10.1 Å². The van der Waals surface area contributed by atoms with Crippen molar-refractivity contribution in [3.8, 4) is 5.75 Å². The lowest BCUT2D eigenvalue weighted by Crippen LogP contribution is -2.46. The van der Waals surface area contributed by atoms with Gasteiger partial charge in [-0.25, -0.2) is 14.4 Å². The molecule has 0 aromatic heterocycles. The molecule has 2 aromatic carbocycles. The molecule has 0 bridgehead atoms. The molecular weight excluding hydrogens is 497 g/mol. The molecule has 0 aliphatic carbocycles. The molecule has 0 spiro atoms. The zero-order chi connectivity index (χ0) is 28.2. The number of amides is 1. The second kappa shape index (κ2) is 12.0. The van der Waals surface area contributed by atoms with Crippen LogP contribution in [0.3, 0.4) is 0 Å². The van der Waals surface area contributed by atoms with E-state index in [2.05, 4.69) is 39.1 Å². The fourth-order valence-electron chi connectivity index (χ4n) is 4.30. The van der Waals surface area contributed by atoms with Gasteiger partial charge in [0.05, 0.1) is 36.5 Å². The molecule has 1 unspecified atom stereocenters. The van der Waals surface area contributed by atoms with E-state index in [4.69, 9.17) is 4.74 Å². The van der Waals surface area contributed by atoms with Gasteiger partial charge in [-0.3, -0.25) is 14.8 Å². The Morgan fingerprint density at radius 1 is 1.05 bits per heavy atom. The number of aliphatic hydroxyl groups excluding tert-OH is 1. The summed E-state index contributed by atoms with van der Waals surface area (Å²) < 4.78 is 21.0. The maximum atomic E-state index is 14.8. The summed E-state index contributed by atoms with van der Waals surface area (Å²) in [5.74, 6) is 1.15. The van der Waals surface area contributed by atoms with Gasteiger partial charge in [-0.1, -0.05) is 26.8 Å². The first kappa shape index (κ1) is 28.3. The molecule has 2 aliphatic rings. The van der Waals surface area contributed by atoms with Crippen molar-refractivity contribution in [3.05, 3.63) is 65.0 Å². The second-order valence-corrected chi connectivity index (χ2v) is 10.9. The van der Waals surface area contributed by atoms with Crippen LogP contribution in [0.4, 0.5) is 4.39 Å². The van der Waals surface area contributed by atoms with Gasteiger partial charge in [-0.2, -0.15) is 0 Å². The molecule has 2 aliphatic heterocycles. The highest BCUT2D eigenvalue weighted by Crippen LogP contribution is 2.21. The standard InChI is InChI=1S/C30H36FN5O3/c1-6-26(39-22-10-7-19(8-11-22)27-32-15-21(34-27)13-18(2)3)25-16-33-28(35-25)20-9-12-23(24(31)14-20)29(38)36-30(4,5)17-37/h7-12,14,18,26,37H,6,13,15-17H2,1-5H3,(H,36,38). The molecule has 0 saturated carbocycles. The first-order valence-electron chi connectivity index (χ1n) is 13.3. The SMILES string of the molecule is CCC(Oc1ccc(C2=NCC(CC(C)C)=N2)cc1)C1=NC(c2ccc(C(=O)NC(C)(C)CO)c(F)c2)=NC1. The molecule has 39 heavy (non-hydrogen) atoms. The number of benzene rings is 2. The van der Waals surface area contributed by atoms with Crippen molar-refractivity contribution < 1.29 is 19.0 Å². The fraction of sp³-hybridized carbons (Fsp3) is 0.433. The van der Waals surface area contributed by atoms with E-state index in [1.54, 1.807) is 19.9 Å². The highest BCUT2D eigenvalue weighted by molar-refractivity contribution is 6.13. The Kier molecular flexibility index (Phi) is 8.70. The minimum absolute atomic E-state index is 0.105. The summed E-state index contributed by atoms with van der Waals surface area (Å²) in [6, 6.07) is 12.0. The molecule has 0 radical (unpaired) electrons. The molecule has 2 aromatic rings. The van der Waals surface area contributed by atoms with Crippen molar-refractivity contribution in [1.29, 1.82) is 0 Å². The summed E-state index contributed by atoms with van der Waals surface area (Å²) in [5, 5.41) is 12.0. The number of rotatable bonds is 11. The molecule has 206 valence electrons. The van der Waals surface area contributed by atoms with Crippen molar-refractivity contribution in [2.45, 2.75) is 59.1 Å². The van der Waals surface area contributed by atoms with Gasteiger partial charge < -0.3 is 15.2 Å². The van der Waals surface area contributed by atoms with Gasteiger partial charge in [0.15, 0.2) is 11.7 Å². The minimum Gasteiger partial charge on any atom is -0.484 e. The Bertz CT molecular complexity index is 1340. The topological polar surface area (TPSA) is 108 Å². The van der Waals surface area contributed by atoms with Crippen molar-refractivity contribution >= 4 is 29.0 Å². The molecule has 1 atom stereocenters. The van der Waals surface area contributed by atoms with E-state index in [0.29, 0.717) is 42.6 Å². The summed E-state index contributed by atoms with van der Waals surface area (Å²) in [6.07, 6.45) is 1.35. The number of ether oxygens (including phenoxy) is 1. The van der Waals surface area contributed by atoms with Crippen molar-refractivity contribution in [2.75, 3.05) is 19.7 Å². The summed E-state index contributed by atoms with van der Waals surface area (Å²) in [6.45, 7) is 10.4. The smallest absolute Gasteiger partial charge is 0.254 e. The highest BCUT2D eigenvalue weighted by atomic mass is 19.1. The van der Waals surface area contributed by atoms with E-state index >= 15 is 0 Å². The minimum atomic E-state index is -0.859. The molecule has 2 heterocycles. The van der Waals surface area contributed by atoms with Gasteiger partial charge in [-0.15, -0.1) is 0 Å². The average molecular weight is 534 g/mol. The van der Waals surface area contributed by atoms with E-state index in [9.17, 15) is 14.3 Å². The van der Waals surface area contributed by atoms with Crippen molar-refractivity contribution in [3.63, 3.8) is 0 Å². The third kappa shape index (κ3) is 7.03. The number of nitrogens with one attached hydrogen (secondary N) is 1. The van der Waals surface area contributed by atoms with Crippen molar-refractivity contribution in [2.24, 2.45) is 25.9 Å². The van der Waals surface area contributed by atoms with Gasteiger partial charge in [0, 0.05) is 16.8 Å². The fourth-order valence-corrected chi connectivity index (χ4v) is 4.30. The molecule has 2 N–H and O–H groups in total. The number of carbonyl (C=O) groups is 1. The third-order valence-electron chi connectivity index (χ3n) is 6.41. The van der Waals surface area contributed by atoms with Gasteiger partial charge in [-0.05, 0) is 69.0 Å². The van der Waals surface area contributed by atoms with Gasteiger partial charge >= 0.3 is 0 Å². The number of hydrogen-bond acceptors (Lipinski definition) is 7. The molecule has 1 amide bonds. The Labute approximate surface area is 228 Å².